The van der Waals surface area contributed by atoms with Gasteiger partial charge in [0.25, 0.3) is 5.22 Å². The number of carboxylic acid groups (broad SMARTS) is 1. The van der Waals surface area contributed by atoms with Gasteiger partial charge in [0, 0.05) is 5.92 Å². The molecule has 1 saturated heterocycles. The maximum Gasteiger partial charge on any atom is 0.314 e. The van der Waals surface area contributed by atoms with Crippen molar-refractivity contribution < 1.29 is 22.8 Å². The van der Waals surface area contributed by atoms with Crippen molar-refractivity contribution in [3.8, 4) is 0 Å². The van der Waals surface area contributed by atoms with E-state index in [1.165, 1.54) is 0 Å². The van der Waals surface area contributed by atoms with Crippen molar-refractivity contribution in [1.82, 2.24) is 10.1 Å². The minimum atomic E-state index is -2.98. The molecule has 0 saturated carbocycles. The number of aromatic nitrogens is 2. The van der Waals surface area contributed by atoms with Crippen LogP contribution in [0.1, 0.15) is 18.2 Å². The molecule has 1 aromatic rings. The fourth-order valence-corrected chi connectivity index (χ4v) is 3.80. The van der Waals surface area contributed by atoms with Crippen molar-refractivity contribution in [3.63, 3.8) is 0 Å². The molecule has 2 rings (SSSR count). The van der Waals surface area contributed by atoms with Gasteiger partial charge in [-0.05, 0) is 6.42 Å². The molecule has 0 radical (unpaired) electrons. The van der Waals surface area contributed by atoms with Crippen LogP contribution in [0.25, 0.3) is 0 Å². The predicted octanol–water partition coefficient (Wildman–Crippen LogP) is 0.148. The number of nitrogens with zero attached hydrogens (tertiary/aromatic N) is 2. The second kappa shape index (κ2) is 4.65. The monoisotopic (exact) mass is 278 g/mol. The van der Waals surface area contributed by atoms with Gasteiger partial charge in [0.2, 0.25) is 0 Å². The normalized spacial score (nSPS) is 22.7. The molecular weight excluding hydrogens is 268 g/mol. The summed E-state index contributed by atoms with van der Waals surface area (Å²) in [4.78, 5) is 14.3. The van der Waals surface area contributed by atoms with Gasteiger partial charge < -0.3 is 9.63 Å². The van der Waals surface area contributed by atoms with Gasteiger partial charge in [-0.25, -0.2) is 8.42 Å². The lowest BCUT2D eigenvalue weighted by molar-refractivity contribution is -0.133. The highest BCUT2D eigenvalue weighted by Crippen LogP contribution is 2.28. The molecule has 1 aliphatic rings. The van der Waals surface area contributed by atoms with Crippen molar-refractivity contribution >= 4 is 27.6 Å². The van der Waals surface area contributed by atoms with E-state index in [0.29, 0.717) is 12.2 Å². The Morgan fingerprint density at radius 1 is 1.59 bits per heavy atom. The van der Waals surface area contributed by atoms with Crippen molar-refractivity contribution in [2.24, 2.45) is 0 Å². The minimum absolute atomic E-state index is 0.0373. The van der Waals surface area contributed by atoms with Gasteiger partial charge in [0.05, 0.1) is 11.5 Å². The van der Waals surface area contributed by atoms with Crippen molar-refractivity contribution in [2.45, 2.75) is 17.6 Å². The molecule has 2 heterocycles. The number of hydrogen-bond acceptors (Lipinski definition) is 7. The Kier molecular flexibility index (Phi) is 3.38. The Morgan fingerprint density at radius 2 is 2.35 bits per heavy atom. The lowest BCUT2D eigenvalue weighted by Gasteiger charge is -1.97. The summed E-state index contributed by atoms with van der Waals surface area (Å²) in [6, 6.07) is 0. The summed E-state index contributed by atoms with van der Waals surface area (Å²) in [5.41, 5.74) is 0. The second-order valence-electron chi connectivity index (χ2n) is 3.70. The molecule has 1 atom stereocenters. The van der Waals surface area contributed by atoms with E-state index in [2.05, 4.69) is 10.1 Å². The smallest absolute Gasteiger partial charge is 0.314 e. The summed E-state index contributed by atoms with van der Waals surface area (Å²) in [5.74, 6) is -0.843. The van der Waals surface area contributed by atoms with E-state index in [9.17, 15) is 13.2 Å². The molecule has 0 aromatic carbocycles. The minimum Gasteiger partial charge on any atom is -0.481 e. The maximum absolute atomic E-state index is 11.3. The Balaban J connectivity index is 2.01. The van der Waals surface area contributed by atoms with Gasteiger partial charge in [0.15, 0.2) is 15.7 Å². The summed E-state index contributed by atoms with van der Waals surface area (Å²) in [6.07, 6.45) is 0.491. The van der Waals surface area contributed by atoms with Crippen LogP contribution in [0.5, 0.6) is 0 Å². The van der Waals surface area contributed by atoms with Gasteiger partial charge in [-0.2, -0.15) is 4.98 Å². The van der Waals surface area contributed by atoms with E-state index < -0.39 is 15.8 Å². The third-order valence-electron chi connectivity index (χ3n) is 2.34. The van der Waals surface area contributed by atoms with Crippen LogP contribution in [0.4, 0.5) is 0 Å². The number of rotatable bonds is 4. The van der Waals surface area contributed by atoms with Crippen LogP contribution < -0.4 is 0 Å². The third kappa shape index (κ3) is 3.19. The summed E-state index contributed by atoms with van der Waals surface area (Å²) in [6.45, 7) is 0. The van der Waals surface area contributed by atoms with Gasteiger partial charge in [-0.3, -0.25) is 4.79 Å². The fourth-order valence-electron chi connectivity index (χ4n) is 1.57. The molecule has 9 heteroatoms. The SMILES string of the molecule is O=C(O)CSc1nc(C2CCS(=O)(=O)C2)no1. The first-order chi connectivity index (χ1) is 7.96. The molecule has 0 bridgehead atoms. The van der Waals surface area contributed by atoms with Crippen LogP contribution in [0, 0.1) is 0 Å². The van der Waals surface area contributed by atoms with E-state index in [1.807, 2.05) is 0 Å². The maximum atomic E-state index is 11.3. The highest BCUT2D eigenvalue weighted by atomic mass is 32.2. The van der Waals surface area contributed by atoms with Crippen LogP contribution >= 0.6 is 11.8 Å². The largest absolute Gasteiger partial charge is 0.481 e. The number of carbonyl (C=O) groups is 1. The highest BCUT2D eigenvalue weighted by Gasteiger charge is 2.32. The molecule has 7 nitrogen and oxygen atoms in total. The Morgan fingerprint density at radius 3 is 2.94 bits per heavy atom. The first kappa shape index (κ1) is 12.4. The lowest BCUT2D eigenvalue weighted by Crippen LogP contribution is -2.05. The van der Waals surface area contributed by atoms with Crippen molar-refractivity contribution in [1.29, 1.82) is 0 Å². The summed E-state index contributed by atoms with van der Waals surface area (Å²) in [7, 11) is -2.98. The first-order valence-electron chi connectivity index (χ1n) is 4.85. The van der Waals surface area contributed by atoms with Crippen molar-refractivity contribution in [2.75, 3.05) is 17.3 Å². The number of carboxylic acids is 1. The topological polar surface area (TPSA) is 110 Å². The highest BCUT2D eigenvalue weighted by molar-refractivity contribution is 7.99. The van der Waals surface area contributed by atoms with Gasteiger partial charge in [-0.1, -0.05) is 16.9 Å². The summed E-state index contributed by atoms with van der Waals surface area (Å²) < 4.78 is 27.4. The van der Waals surface area contributed by atoms with E-state index in [-0.39, 0.29) is 28.4 Å². The zero-order valence-corrected chi connectivity index (χ0v) is 10.3. The summed E-state index contributed by atoms with van der Waals surface area (Å²) in [5, 5.41) is 12.3. The van der Waals surface area contributed by atoms with Crippen LogP contribution in [0.15, 0.2) is 9.75 Å². The Bertz CT molecular complexity index is 524. The van der Waals surface area contributed by atoms with Crippen LogP contribution in [-0.4, -0.2) is 46.9 Å². The number of hydrogen-bond donors (Lipinski definition) is 1. The van der Waals surface area contributed by atoms with E-state index >= 15 is 0 Å². The Labute approximate surface area is 102 Å². The summed E-state index contributed by atoms with van der Waals surface area (Å²) >= 11 is 0.919. The average Bonchev–Trinajstić information content (AvgIpc) is 2.81. The molecule has 0 spiro atoms. The zero-order chi connectivity index (χ0) is 12.5. The molecule has 0 aliphatic carbocycles. The lowest BCUT2D eigenvalue weighted by atomic mass is 10.1. The van der Waals surface area contributed by atoms with Crippen LogP contribution in [0.3, 0.4) is 0 Å². The molecular formula is C8H10N2O5S2. The number of aliphatic carboxylic acids is 1. The molecule has 17 heavy (non-hydrogen) atoms. The average molecular weight is 278 g/mol. The molecule has 1 aromatic heterocycles. The standard InChI is InChI=1S/C8H10N2O5S2/c11-6(12)3-16-8-9-7(10-15-8)5-1-2-17(13,14)4-5/h5H,1-4H2,(H,11,12). The van der Waals surface area contributed by atoms with Crippen molar-refractivity contribution in [3.05, 3.63) is 5.82 Å². The van der Waals surface area contributed by atoms with Gasteiger partial charge >= 0.3 is 5.97 Å². The molecule has 0 amide bonds. The molecule has 94 valence electrons. The quantitative estimate of drug-likeness (QED) is 0.775. The number of sulfone groups is 1. The van der Waals surface area contributed by atoms with Gasteiger partial charge in [0.1, 0.15) is 5.75 Å². The third-order valence-corrected chi connectivity index (χ3v) is 4.91. The number of thioether (sulfide) groups is 1. The molecule has 1 fully saturated rings. The second-order valence-corrected chi connectivity index (χ2v) is 6.86. The first-order valence-corrected chi connectivity index (χ1v) is 7.65. The van der Waals surface area contributed by atoms with Crippen LogP contribution in [0.2, 0.25) is 0 Å². The van der Waals surface area contributed by atoms with E-state index in [1.54, 1.807) is 0 Å². The van der Waals surface area contributed by atoms with E-state index in [0.717, 1.165) is 11.8 Å². The zero-order valence-electron chi connectivity index (χ0n) is 8.70. The molecule has 1 N–H and O–H groups in total. The predicted molar refractivity (Wildman–Crippen MR) is 58.7 cm³/mol. The Hall–Kier alpha value is -1.09. The van der Waals surface area contributed by atoms with Crippen LogP contribution in [-0.2, 0) is 14.6 Å². The molecule has 1 aliphatic heterocycles. The molecule has 1 unspecified atom stereocenters. The van der Waals surface area contributed by atoms with Gasteiger partial charge in [-0.15, -0.1) is 0 Å². The fraction of sp³-hybridized carbons (Fsp3) is 0.625. The van der Waals surface area contributed by atoms with E-state index in [4.69, 9.17) is 9.63 Å².